The van der Waals surface area contributed by atoms with Gasteiger partial charge in [0.1, 0.15) is 18.5 Å². The van der Waals surface area contributed by atoms with Crippen molar-refractivity contribution in [3.05, 3.63) is 28.7 Å². The van der Waals surface area contributed by atoms with Crippen LogP contribution in [0.15, 0.2) is 28.7 Å². The lowest BCUT2D eigenvalue weighted by Gasteiger charge is -2.38. The van der Waals surface area contributed by atoms with E-state index in [0.29, 0.717) is 6.54 Å². The highest BCUT2D eigenvalue weighted by molar-refractivity contribution is 9.10. The van der Waals surface area contributed by atoms with Gasteiger partial charge in [-0.2, -0.15) is 0 Å². The van der Waals surface area contributed by atoms with Crippen molar-refractivity contribution in [2.75, 3.05) is 32.9 Å². The molecule has 1 heterocycles. The number of nitrogens with one attached hydrogen (secondary N) is 1. The summed E-state index contributed by atoms with van der Waals surface area (Å²) in [5, 5.41) is 13.1. The van der Waals surface area contributed by atoms with E-state index in [4.69, 9.17) is 9.47 Å². The summed E-state index contributed by atoms with van der Waals surface area (Å²) in [6.07, 6.45) is -0.511. The van der Waals surface area contributed by atoms with Crippen LogP contribution in [0.1, 0.15) is 6.92 Å². The highest BCUT2D eigenvalue weighted by Gasteiger charge is 2.32. The van der Waals surface area contributed by atoms with Crippen molar-refractivity contribution < 1.29 is 14.6 Å². The van der Waals surface area contributed by atoms with E-state index in [1.807, 2.05) is 24.3 Å². The van der Waals surface area contributed by atoms with Crippen LogP contribution in [-0.2, 0) is 4.74 Å². The number of aliphatic hydroxyl groups is 1. The Morgan fingerprint density at radius 2 is 2.32 bits per heavy atom. The molecule has 0 aromatic heterocycles. The van der Waals surface area contributed by atoms with Gasteiger partial charge in [0.2, 0.25) is 0 Å². The quantitative estimate of drug-likeness (QED) is 0.801. The van der Waals surface area contributed by atoms with Crippen molar-refractivity contribution in [2.45, 2.75) is 13.0 Å². The fourth-order valence-corrected chi connectivity index (χ4v) is 2.28. The predicted molar refractivity (Wildman–Crippen MR) is 77.4 cm³/mol. The summed E-state index contributed by atoms with van der Waals surface area (Å²) in [5.41, 5.74) is 0.227. The molecule has 1 aliphatic heterocycles. The second-order valence-corrected chi connectivity index (χ2v) is 6.27. The second kappa shape index (κ2) is 6.70. The minimum Gasteiger partial charge on any atom is -0.491 e. The van der Waals surface area contributed by atoms with Crippen molar-refractivity contribution in [1.29, 1.82) is 0 Å². The summed E-state index contributed by atoms with van der Waals surface area (Å²) in [6, 6.07) is 7.60. The van der Waals surface area contributed by atoms with Gasteiger partial charge in [-0.15, -0.1) is 0 Å². The monoisotopic (exact) mass is 329 g/mol. The van der Waals surface area contributed by atoms with Crippen molar-refractivity contribution in [2.24, 2.45) is 5.41 Å². The van der Waals surface area contributed by atoms with Gasteiger partial charge in [-0.25, -0.2) is 0 Å². The zero-order chi connectivity index (χ0) is 13.7. The smallest absolute Gasteiger partial charge is 0.120 e. The first-order chi connectivity index (χ1) is 9.07. The lowest BCUT2D eigenvalue weighted by atomic mass is 9.89. The molecule has 0 saturated carbocycles. The summed E-state index contributed by atoms with van der Waals surface area (Å²) >= 11 is 3.38. The van der Waals surface area contributed by atoms with Gasteiger partial charge in [0.25, 0.3) is 0 Å². The number of halogens is 1. The molecule has 0 bridgehead atoms. The van der Waals surface area contributed by atoms with Gasteiger partial charge in [0.05, 0.1) is 13.2 Å². The SMILES string of the molecule is CC1(CNCC(O)COc2cccc(Br)c2)COC1. The van der Waals surface area contributed by atoms with Crippen LogP contribution in [0.4, 0.5) is 0 Å². The molecule has 0 aliphatic carbocycles. The van der Waals surface area contributed by atoms with E-state index in [2.05, 4.69) is 28.2 Å². The lowest BCUT2D eigenvalue weighted by molar-refractivity contribution is -0.0997. The van der Waals surface area contributed by atoms with Gasteiger partial charge >= 0.3 is 0 Å². The van der Waals surface area contributed by atoms with Crippen LogP contribution in [0.5, 0.6) is 5.75 Å². The van der Waals surface area contributed by atoms with E-state index in [0.717, 1.165) is 30.0 Å². The average molecular weight is 330 g/mol. The molecule has 1 fully saturated rings. The van der Waals surface area contributed by atoms with E-state index in [1.165, 1.54) is 0 Å². The Labute approximate surface area is 122 Å². The highest BCUT2D eigenvalue weighted by Crippen LogP contribution is 2.25. The molecule has 4 nitrogen and oxygen atoms in total. The highest BCUT2D eigenvalue weighted by atomic mass is 79.9. The van der Waals surface area contributed by atoms with Gasteiger partial charge in [0.15, 0.2) is 0 Å². The molecule has 1 atom stereocenters. The first-order valence-corrected chi connectivity index (χ1v) is 7.22. The number of rotatable bonds is 7. The minimum absolute atomic E-state index is 0.227. The molecule has 1 aromatic carbocycles. The van der Waals surface area contributed by atoms with Crippen molar-refractivity contribution in [3.8, 4) is 5.75 Å². The molecular weight excluding hydrogens is 310 g/mol. The zero-order valence-electron chi connectivity index (χ0n) is 11.1. The number of hydrogen-bond donors (Lipinski definition) is 2. The molecule has 1 unspecified atom stereocenters. The molecule has 0 spiro atoms. The van der Waals surface area contributed by atoms with Crippen LogP contribution in [0.2, 0.25) is 0 Å². The van der Waals surface area contributed by atoms with E-state index >= 15 is 0 Å². The third-order valence-corrected chi connectivity index (χ3v) is 3.56. The van der Waals surface area contributed by atoms with E-state index in [-0.39, 0.29) is 12.0 Å². The van der Waals surface area contributed by atoms with Gasteiger partial charge in [-0.3, -0.25) is 0 Å². The van der Waals surface area contributed by atoms with Crippen LogP contribution in [0, 0.1) is 5.41 Å². The van der Waals surface area contributed by atoms with Gasteiger partial charge in [0, 0.05) is 23.0 Å². The topological polar surface area (TPSA) is 50.7 Å². The third-order valence-electron chi connectivity index (χ3n) is 3.07. The number of hydrogen-bond acceptors (Lipinski definition) is 4. The Morgan fingerprint density at radius 3 is 2.95 bits per heavy atom. The first-order valence-electron chi connectivity index (χ1n) is 6.42. The maximum absolute atomic E-state index is 9.84. The summed E-state index contributed by atoms with van der Waals surface area (Å²) in [5.74, 6) is 0.757. The van der Waals surface area contributed by atoms with Crippen LogP contribution < -0.4 is 10.1 Å². The van der Waals surface area contributed by atoms with Crippen molar-refractivity contribution in [3.63, 3.8) is 0 Å². The maximum Gasteiger partial charge on any atom is 0.120 e. The van der Waals surface area contributed by atoms with Crippen molar-refractivity contribution in [1.82, 2.24) is 5.32 Å². The maximum atomic E-state index is 9.84. The molecule has 19 heavy (non-hydrogen) atoms. The summed E-state index contributed by atoms with van der Waals surface area (Å²) < 4.78 is 11.7. The summed E-state index contributed by atoms with van der Waals surface area (Å²) in [4.78, 5) is 0. The molecule has 106 valence electrons. The predicted octanol–water partition coefficient (Wildman–Crippen LogP) is 1.81. The van der Waals surface area contributed by atoms with Crippen molar-refractivity contribution >= 4 is 15.9 Å². The van der Waals surface area contributed by atoms with Gasteiger partial charge < -0.3 is 19.9 Å². The average Bonchev–Trinajstić information content (AvgIpc) is 2.34. The molecule has 2 rings (SSSR count). The largest absolute Gasteiger partial charge is 0.491 e. The Bertz CT molecular complexity index is 409. The zero-order valence-corrected chi connectivity index (χ0v) is 12.6. The van der Waals surface area contributed by atoms with Gasteiger partial charge in [-0.05, 0) is 18.2 Å². The molecule has 0 amide bonds. The Morgan fingerprint density at radius 1 is 1.53 bits per heavy atom. The Balaban J connectivity index is 1.63. The standard InChI is InChI=1S/C14H20BrNO3/c1-14(9-18-10-14)8-16-6-12(17)7-19-13-4-2-3-11(15)5-13/h2-5,12,16-17H,6-10H2,1H3. The fraction of sp³-hybridized carbons (Fsp3) is 0.571. The molecule has 1 aliphatic rings. The normalized spacial score (nSPS) is 18.7. The van der Waals surface area contributed by atoms with Crippen LogP contribution in [-0.4, -0.2) is 44.1 Å². The fourth-order valence-electron chi connectivity index (χ4n) is 1.90. The molecular formula is C14H20BrNO3. The summed E-state index contributed by atoms with van der Waals surface area (Å²) in [7, 11) is 0. The second-order valence-electron chi connectivity index (χ2n) is 5.36. The molecule has 5 heteroatoms. The molecule has 0 radical (unpaired) electrons. The number of aliphatic hydroxyl groups excluding tert-OH is 1. The van der Waals surface area contributed by atoms with Gasteiger partial charge in [-0.1, -0.05) is 28.9 Å². The van der Waals surface area contributed by atoms with Crippen LogP contribution in [0.3, 0.4) is 0 Å². The molecule has 1 aromatic rings. The van der Waals surface area contributed by atoms with E-state index < -0.39 is 6.10 Å². The molecule has 1 saturated heterocycles. The summed E-state index contributed by atoms with van der Waals surface area (Å²) in [6.45, 7) is 5.45. The van der Waals surface area contributed by atoms with Crippen LogP contribution >= 0.6 is 15.9 Å². The Kier molecular flexibility index (Phi) is 5.21. The number of benzene rings is 1. The first kappa shape index (κ1) is 14.8. The minimum atomic E-state index is -0.511. The molecule has 2 N–H and O–H groups in total. The number of ether oxygens (including phenoxy) is 2. The van der Waals surface area contributed by atoms with E-state index in [9.17, 15) is 5.11 Å². The lowest BCUT2D eigenvalue weighted by Crippen LogP contribution is -2.48. The Hall–Kier alpha value is -0.620. The van der Waals surface area contributed by atoms with E-state index in [1.54, 1.807) is 0 Å². The van der Waals surface area contributed by atoms with Crippen LogP contribution in [0.25, 0.3) is 0 Å². The third kappa shape index (κ3) is 4.76.